The van der Waals surface area contributed by atoms with Gasteiger partial charge in [0.25, 0.3) is 0 Å². The average molecular weight is 484 g/mol. The van der Waals surface area contributed by atoms with Crippen molar-refractivity contribution in [2.24, 2.45) is 0 Å². The molecule has 1 saturated heterocycles. The third-order valence-electron chi connectivity index (χ3n) is 5.63. The fraction of sp³-hybridized carbons (Fsp3) is 0.304. The number of nitrogens with one attached hydrogen (secondary N) is 1. The summed E-state index contributed by atoms with van der Waals surface area (Å²) in [5, 5.41) is 12.9. The number of anilines is 2. The van der Waals surface area contributed by atoms with Crippen LogP contribution in [-0.2, 0) is 20.9 Å². The molecular weight excluding hydrogens is 462 g/mol. The van der Waals surface area contributed by atoms with Crippen LogP contribution < -0.4 is 10.2 Å². The Morgan fingerprint density at radius 1 is 1.18 bits per heavy atom. The maximum Gasteiger partial charge on any atom is 0.244 e. The van der Waals surface area contributed by atoms with Gasteiger partial charge in [0.1, 0.15) is 6.54 Å². The number of benzene rings is 2. The van der Waals surface area contributed by atoms with Gasteiger partial charge in [-0.25, -0.2) is 0 Å². The number of hydrogen-bond donors (Lipinski definition) is 1. The lowest BCUT2D eigenvalue weighted by atomic mass is 10.2. The molecule has 1 aromatic heterocycles. The van der Waals surface area contributed by atoms with Gasteiger partial charge in [0.2, 0.25) is 11.8 Å². The standard InChI is InChI=1S/C23H22ClN5O3S/c24-16-9-7-15(8-10-16)22-26-27-23(29(22)12-17-4-3-11-32-17)33-14-21(31)28-13-20(30)25-18-5-1-2-6-19(18)28/h1-2,5-10,17H,3-4,11-14H2,(H,25,30)/t17-/m0/s1. The first-order chi connectivity index (χ1) is 16.1. The maximum absolute atomic E-state index is 13.1. The summed E-state index contributed by atoms with van der Waals surface area (Å²) in [6, 6.07) is 14.7. The first-order valence-electron chi connectivity index (χ1n) is 10.7. The van der Waals surface area contributed by atoms with Crippen LogP contribution in [0.1, 0.15) is 12.8 Å². The number of fused-ring (bicyclic) bond motifs is 1. The van der Waals surface area contributed by atoms with Crippen molar-refractivity contribution in [3.05, 3.63) is 53.6 Å². The molecule has 0 saturated carbocycles. The summed E-state index contributed by atoms with van der Waals surface area (Å²) < 4.78 is 7.84. The normalized spacial score (nSPS) is 17.7. The Morgan fingerprint density at radius 3 is 2.79 bits per heavy atom. The molecule has 1 fully saturated rings. The van der Waals surface area contributed by atoms with Crippen molar-refractivity contribution in [3.8, 4) is 11.4 Å². The Labute approximate surface area is 200 Å². The van der Waals surface area contributed by atoms with Crippen LogP contribution in [0.2, 0.25) is 5.02 Å². The van der Waals surface area contributed by atoms with Crippen molar-refractivity contribution in [1.29, 1.82) is 0 Å². The Balaban J connectivity index is 1.37. The number of para-hydroxylation sites is 2. The third kappa shape index (κ3) is 4.75. The van der Waals surface area contributed by atoms with Crippen LogP contribution in [-0.4, -0.2) is 51.6 Å². The molecule has 0 aliphatic carbocycles. The third-order valence-corrected chi connectivity index (χ3v) is 6.83. The van der Waals surface area contributed by atoms with Crippen LogP contribution in [0.5, 0.6) is 0 Å². The van der Waals surface area contributed by atoms with Gasteiger partial charge < -0.3 is 15.0 Å². The first-order valence-corrected chi connectivity index (χ1v) is 12.1. The van der Waals surface area contributed by atoms with E-state index >= 15 is 0 Å². The predicted octanol–water partition coefficient (Wildman–Crippen LogP) is 3.85. The minimum Gasteiger partial charge on any atom is -0.376 e. The van der Waals surface area contributed by atoms with Crippen LogP contribution >= 0.6 is 23.4 Å². The van der Waals surface area contributed by atoms with Gasteiger partial charge in [0.15, 0.2) is 11.0 Å². The number of ether oxygens (including phenoxy) is 1. The lowest BCUT2D eigenvalue weighted by molar-refractivity contribution is -0.120. The van der Waals surface area contributed by atoms with E-state index in [-0.39, 0.29) is 30.2 Å². The molecule has 0 bridgehead atoms. The van der Waals surface area contributed by atoms with Crippen LogP contribution in [0.15, 0.2) is 53.7 Å². The Hall–Kier alpha value is -2.88. The van der Waals surface area contributed by atoms with Crippen molar-refractivity contribution in [2.45, 2.75) is 30.6 Å². The highest BCUT2D eigenvalue weighted by atomic mass is 35.5. The largest absolute Gasteiger partial charge is 0.376 e. The lowest BCUT2D eigenvalue weighted by Crippen LogP contribution is -2.43. The molecule has 10 heteroatoms. The minimum absolute atomic E-state index is 0.00492. The minimum atomic E-state index is -0.210. The van der Waals surface area contributed by atoms with Gasteiger partial charge in [0, 0.05) is 17.2 Å². The second-order valence-electron chi connectivity index (χ2n) is 7.89. The highest BCUT2D eigenvalue weighted by molar-refractivity contribution is 7.99. The van der Waals surface area contributed by atoms with E-state index < -0.39 is 0 Å². The van der Waals surface area contributed by atoms with Crippen LogP contribution in [0.3, 0.4) is 0 Å². The fourth-order valence-electron chi connectivity index (χ4n) is 4.02. The molecule has 2 aliphatic rings. The summed E-state index contributed by atoms with van der Waals surface area (Å²) in [7, 11) is 0. The molecule has 2 aliphatic heterocycles. The molecule has 8 nitrogen and oxygen atoms in total. The summed E-state index contributed by atoms with van der Waals surface area (Å²) in [6.07, 6.45) is 2.08. The average Bonchev–Trinajstić information content (AvgIpc) is 3.48. The quantitative estimate of drug-likeness (QED) is 0.535. The second-order valence-corrected chi connectivity index (χ2v) is 9.27. The number of halogens is 1. The number of hydrogen-bond acceptors (Lipinski definition) is 6. The van der Waals surface area contributed by atoms with E-state index in [0.717, 1.165) is 25.0 Å². The van der Waals surface area contributed by atoms with E-state index in [1.165, 1.54) is 16.7 Å². The monoisotopic (exact) mass is 483 g/mol. The summed E-state index contributed by atoms with van der Waals surface area (Å²) in [5.74, 6) is 0.465. The van der Waals surface area contributed by atoms with Crippen molar-refractivity contribution >= 4 is 46.6 Å². The zero-order valence-corrected chi connectivity index (χ0v) is 19.3. The molecule has 0 spiro atoms. The number of nitrogens with zero attached hydrogens (tertiary/aromatic N) is 4. The van der Waals surface area contributed by atoms with Gasteiger partial charge in [0.05, 0.1) is 29.8 Å². The zero-order chi connectivity index (χ0) is 22.8. The molecule has 0 radical (unpaired) electrons. The summed E-state index contributed by atoms with van der Waals surface area (Å²) >= 11 is 7.36. The Bertz CT molecular complexity index is 1180. The molecule has 1 atom stereocenters. The van der Waals surface area contributed by atoms with E-state index in [2.05, 4.69) is 15.5 Å². The molecule has 3 heterocycles. The summed E-state index contributed by atoms with van der Waals surface area (Å²) in [4.78, 5) is 26.7. The van der Waals surface area contributed by atoms with Crippen molar-refractivity contribution in [2.75, 3.05) is 29.1 Å². The number of aromatic nitrogens is 3. The number of carbonyl (C=O) groups excluding carboxylic acids is 2. The predicted molar refractivity (Wildman–Crippen MR) is 128 cm³/mol. The molecule has 1 N–H and O–H groups in total. The molecule has 170 valence electrons. The smallest absolute Gasteiger partial charge is 0.244 e. The van der Waals surface area contributed by atoms with Crippen molar-refractivity contribution in [1.82, 2.24) is 14.8 Å². The molecule has 2 aromatic carbocycles. The second kappa shape index (κ2) is 9.54. The van der Waals surface area contributed by atoms with E-state index in [4.69, 9.17) is 16.3 Å². The van der Waals surface area contributed by atoms with E-state index in [9.17, 15) is 9.59 Å². The first kappa shape index (κ1) is 21.9. The van der Waals surface area contributed by atoms with Crippen molar-refractivity contribution in [3.63, 3.8) is 0 Å². The molecular formula is C23H22ClN5O3S. The highest BCUT2D eigenvalue weighted by Crippen LogP contribution is 2.31. The number of amides is 2. The van der Waals surface area contributed by atoms with E-state index in [1.807, 2.05) is 47.0 Å². The van der Waals surface area contributed by atoms with E-state index in [0.29, 0.717) is 33.9 Å². The SMILES string of the molecule is O=C1CN(C(=O)CSc2nnc(-c3ccc(Cl)cc3)n2C[C@@H]2CCCO2)c2ccccc2N1. The van der Waals surface area contributed by atoms with Gasteiger partial charge in [-0.2, -0.15) is 0 Å². The molecule has 0 unspecified atom stereocenters. The molecule has 5 rings (SSSR count). The Kier molecular flexibility index (Phi) is 6.34. The number of thioether (sulfide) groups is 1. The van der Waals surface area contributed by atoms with Crippen LogP contribution in [0.4, 0.5) is 11.4 Å². The Morgan fingerprint density at radius 2 is 2.00 bits per heavy atom. The van der Waals surface area contributed by atoms with Crippen molar-refractivity contribution < 1.29 is 14.3 Å². The van der Waals surface area contributed by atoms with Gasteiger partial charge in [-0.3, -0.25) is 14.2 Å². The number of carbonyl (C=O) groups is 2. The molecule has 2 amide bonds. The highest BCUT2D eigenvalue weighted by Gasteiger charge is 2.28. The van der Waals surface area contributed by atoms with Gasteiger partial charge in [-0.05, 0) is 49.2 Å². The number of rotatable bonds is 6. The molecule has 3 aromatic rings. The van der Waals surface area contributed by atoms with Gasteiger partial charge in [-0.15, -0.1) is 10.2 Å². The van der Waals surface area contributed by atoms with E-state index in [1.54, 1.807) is 6.07 Å². The topological polar surface area (TPSA) is 89.4 Å². The summed E-state index contributed by atoms with van der Waals surface area (Å²) in [5.41, 5.74) is 2.23. The van der Waals surface area contributed by atoms with Gasteiger partial charge in [-0.1, -0.05) is 35.5 Å². The van der Waals surface area contributed by atoms with Crippen LogP contribution in [0, 0.1) is 0 Å². The maximum atomic E-state index is 13.1. The lowest BCUT2D eigenvalue weighted by Gasteiger charge is -2.29. The summed E-state index contributed by atoms with van der Waals surface area (Å²) in [6.45, 7) is 1.35. The fourth-order valence-corrected chi connectivity index (χ4v) is 4.97. The van der Waals surface area contributed by atoms with Crippen LogP contribution in [0.25, 0.3) is 11.4 Å². The molecule has 33 heavy (non-hydrogen) atoms. The zero-order valence-electron chi connectivity index (χ0n) is 17.7. The van der Waals surface area contributed by atoms with Gasteiger partial charge >= 0.3 is 0 Å².